The largest absolute Gasteiger partial charge is 0.493 e. The van der Waals surface area contributed by atoms with Crippen LogP contribution in [0.4, 0.5) is 5.69 Å². The molecule has 0 aromatic heterocycles. The number of aliphatic hydroxyl groups is 2. The number of hydrogen-bond acceptors (Lipinski definition) is 11. The number of amides is 1. The van der Waals surface area contributed by atoms with E-state index in [1.54, 1.807) is 48.0 Å². The van der Waals surface area contributed by atoms with Crippen LogP contribution in [0.3, 0.4) is 0 Å². The summed E-state index contributed by atoms with van der Waals surface area (Å²) < 4.78 is 20.6. The van der Waals surface area contributed by atoms with Gasteiger partial charge in [0, 0.05) is 67.0 Å². The maximum absolute atomic E-state index is 14.2. The minimum absolute atomic E-state index is 0.0353. The van der Waals surface area contributed by atoms with Gasteiger partial charge < -0.3 is 34.2 Å². The van der Waals surface area contributed by atoms with Gasteiger partial charge in [0.15, 0.2) is 0 Å². The third-order valence-corrected chi connectivity index (χ3v) is 12.6. The van der Waals surface area contributed by atoms with Crippen molar-refractivity contribution in [2.24, 2.45) is 22.9 Å². The van der Waals surface area contributed by atoms with Crippen molar-refractivity contribution in [2.75, 3.05) is 45.8 Å². The lowest BCUT2D eigenvalue weighted by Crippen LogP contribution is -2.69. The highest BCUT2D eigenvalue weighted by Gasteiger charge is 2.65. The van der Waals surface area contributed by atoms with Gasteiger partial charge in [0.2, 0.25) is 11.7 Å². The van der Waals surface area contributed by atoms with Gasteiger partial charge in [0.25, 0.3) is 5.69 Å². The summed E-state index contributed by atoms with van der Waals surface area (Å²) in [5.41, 5.74) is 3.26. The number of thioether (sulfide) groups is 1. The number of rotatable bonds is 22. The maximum atomic E-state index is 14.2. The van der Waals surface area contributed by atoms with E-state index in [-0.39, 0.29) is 55.6 Å². The average molecular weight is 840 g/mol. The van der Waals surface area contributed by atoms with E-state index in [4.69, 9.17) is 24.2 Å². The van der Waals surface area contributed by atoms with Crippen LogP contribution >= 0.6 is 11.8 Å². The van der Waals surface area contributed by atoms with Crippen LogP contribution in [-0.2, 0) is 14.4 Å². The molecule has 6 unspecified atom stereocenters. The topological polar surface area (TPSA) is 153 Å². The minimum Gasteiger partial charge on any atom is -0.493 e. The van der Waals surface area contributed by atoms with Gasteiger partial charge in [0.1, 0.15) is 24.1 Å². The molecule has 12 nitrogen and oxygen atoms in total. The summed E-state index contributed by atoms with van der Waals surface area (Å²) in [6.07, 6.45) is 12.0. The van der Waals surface area contributed by atoms with Crippen LogP contribution in [0.2, 0.25) is 0 Å². The van der Waals surface area contributed by atoms with Crippen LogP contribution in [0, 0.1) is 27.9 Å². The Morgan fingerprint density at radius 2 is 1.82 bits per heavy atom. The summed E-state index contributed by atoms with van der Waals surface area (Å²) in [7, 11) is 1.73. The van der Waals surface area contributed by atoms with E-state index < -0.39 is 22.7 Å². The number of fused-ring (bicyclic) bond motifs is 2. The quantitative estimate of drug-likeness (QED) is 0.0251. The second kappa shape index (κ2) is 21.5. The fraction of sp³-hybridized carbons (Fsp3) is 0.447. The summed E-state index contributed by atoms with van der Waals surface area (Å²) in [5, 5.41) is 35.7. The number of allylic oxidation sites excluding steroid dienone is 1. The molecule has 0 saturated heterocycles. The van der Waals surface area contributed by atoms with E-state index in [0.29, 0.717) is 43.1 Å². The predicted molar refractivity (Wildman–Crippen MR) is 234 cm³/mol. The van der Waals surface area contributed by atoms with Gasteiger partial charge in [-0.1, -0.05) is 48.3 Å². The highest BCUT2D eigenvalue weighted by Crippen LogP contribution is 2.61. The Hall–Kier alpha value is -4.95. The van der Waals surface area contributed by atoms with Crippen LogP contribution in [0.5, 0.6) is 11.5 Å². The molecule has 1 amide bonds. The highest BCUT2D eigenvalue weighted by molar-refractivity contribution is 7.99. The second-order valence-corrected chi connectivity index (χ2v) is 16.5. The number of unbranched alkanes of at least 4 members (excludes halogenated alkanes) is 2. The lowest BCUT2D eigenvalue weighted by molar-refractivity contribution is -0.384. The molecule has 0 radical (unpaired) electrons. The zero-order valence-electron chi connectivity index (χ0n) is 34.5. The second-order valence-electron chi connectivity index (χ2n) is 15.3. The Morgan fingerprint density at radius 3 is 2.52 bits per heavy atom. The summed E-state index contributed by atoms with van der Waals surface area (Å²) in [5.74, 6) is 0.0204. The maximum Gasteiger partial charge on any atom is 0.269 e. The molecule has 3 aromatic rings. The lowest BCUT2D eigenvalue weighted by atomic mass is 9.55. The fourth-order valence-corrected chi connectivity index (χ4v) is 9.69. The molecule has 320 valence electrons. The summed E-state index contributed by atoms with van der Waals surface area (Å²) in [4.78, 5) is 33.6. The minimum atomic E-state index is -1.38. The van der Waals surface area contributed by atoms with Crippen molar-refractivity contribution in [3.63, 3.8) is 0 Å². The predicted octanol–water partition coefficient (Wildman–Crippen LogP) is 8.59. The number of benzene rings is 3. The Labute approximate surface area is 357 Å². The smallest absolute Gasteiger partial charge is 0.269 e. The zero-order chi connectivity index (χ0) is 42.5. The fourth-order valence-electron chi connectivity index (χ4n) is 8.94. The Balaban J connectivity index is 1.45. The zero-order valence-corrected chi connectivity index (χ0v) is 35.3. The van der Waals surface area contributed by atoms with Gasteiger partial charge in [0.05, 0.1) is 29.8 Å². The van der Waals surface area contributed by atoms with Crippen molar-refractivity contribution in [3.05, 3.63) is 124 Å². The normalized spacial score (nSPS) is 23.6. The molecule has 6 rings (SSSR count). The SMILES string of the molecule is C=CCOC12Oc3ccc(OCCSc4ccccc4)cc3C3C(CCCCO)C(CCCCO)C=C(C(=NOCC)CC1N(C)C(=O)C=Cc1ccc([N+](=O)[O-])cc1)C32. The van der Waals surface area contributed by atoms with E-state index in [0.717, 1.165) is 48.3 Å². The molecule has 0 spiro atoms. The van der Waals surface area contributed by atoms with Crippen LogP contribution in [0.1, 0.15) is 68.9 Å². The van der Waals surface area contributed by atoms with Crippen LogP contribution in [0.15, 0.2) is 113 Å². The van der Waals surface area contributed by atoms with Gasteiger partial charge in [-0.15, -0.1) is 18.3 Å². The van der Waals surface area contributed by atoms with Crippen LogP contribution in [0.25, 0.3) is 6.08 Å². The average Bonchev–Trinajstić information content (AvgIpc) is 3.27. The van der Waals surface area contributed by atoms with Crippen molar-refractivity contribution < 1.29 is 39.0 Å². The van der Waals surface area contributed by atoms with Crippen LogP contribution in [-0.4, -0.2) is 89.3 Å². The van der Waals surface area contributed by atoms with Gasteiger partial charge >= 0.3 is 0 Å². The van der Waals surface area contributed by atoms with E-state index in [2.05, 4.69) is 30.9 Å². The molecule has 13 heteroatoms. The Morgan fingerprint density at radius 1 is 1.07 bits per heavy atom. The molecule has 0 bridgehead atoms. The third-order valence-electron chi connectivity index (χ3n) is 11.6. The first kappa shape index (κ1) is 44.6. The van der Waals surface area contributed by atoms with Crippen molar-refractivity contribution in [3.8, 4) is 11.5 Å². The molecule has 3 aliphatic rings. The van der Waals surface area contributed by atoms with E-state index in [1.807, 2.05) is 37.3 Å². The first-order valence-corrected chi connectivity index (χ1v) is 21.9. The molecular weight excluding hydrogens is 783 g/mol. The number of nitro groups is 1. The molecule has 60 heavy (non-hydrogen) atoms. The molecular formula is C47H57N3O9S. The number of ether oxygens (including phenoxy) is 3. The van der Waals surface area contributed by atoms with E-state index in [9.17, 15) is 25.1 Å². The highest BCUT2D eigenvalue weighted by atomic mass is 32.2. The molecule has 1 aliphatic heterocycles. The standard InChI is InChI=1S/C47H57N3O9S/c1-4-27-57-47-43(49(3)44(53)24-19-33-17-20-35(21-18-33)50(54)55)32-41(48-58-5-2)39-30-34(13-9-11-25-51)38(16-10-12-26-52)45(46(39)47)40-31-36(22-23-42(40)59-47)56-28-29-60-37-14-7-6-8-15-37/h4,6-8,14-15,17-24,30-31,34,38,43,45-46,51-52H,1,5,9-13,16,25-29,32H2,2-3H3. The number of nitro benzene ring substituents is 1. The monoisotopic (exact) mass is 839 g/mol. The molecule has 3 aromatic carbocycles. The number of hydrogen-bond donors (Lipinski definition) is 2. The van der Waals surface area contributed by atoms with Crippen molar-refractivity contribution in [1.82, 2.24) is 4.90 Å². The Bertz CT molecular complexity index is 2010. The van der Waals surface area contributed by atoms with Crippen molar-refractivity contribution in [1.29, 1.82) is 0 Å². The molecule has 2 aliphatic carbocycles. The first-order valence-electron chi connectivity index (χ1n) is 20.9. The van der Waals surface area contributed by atoms with Crippen molar-refractivity contribution >= 4 is 35.1 Å². The van der Waals surface area contributed by atoms with Gasteiger partial charge in [-0.2, -0.15) is 0 Å². The summed E-state index contributed by atoms with van der Waals surface area (Å²) >= 11 is 1.74. The summed E-state index contributed by atoms with van der Waals surface area (Å²) in [6, 6.07) is 21.5. The van der Waals surface area contributed by atoms with Gasteiger partial charge in [-0.05, 0) is 104 Å². The number of non-ortho nitro benzene ring substituents is 1. The van der Waals surface area contributed by atoms with Gasteiger partial charge in [-0.3, -0.25) is 14.9 Å². The number of oxime groups is 1. The number of aliphatic hydroxyl groups excluding tert-OH is 2. The van der Waals surface area contributed by atoms with Crippen molar-refractivity contribution in [2.45, 2.75) is 74.5 Å². The number of likely N-dealkylation sites (N-methyl/N-ethyl adjacent to an activating group) is 1. The molecule has 2 N–H and O–H groups in total. The van der Waals surface area contributed by atoms with E-state index >= 15 is 0 Å². The lowest BCUT2D eigenvalue weighted by Gasteiger charge is -2.59. The number of carbonyl (C=O) groups excluding carboxylic acids is 1. The first-order chi connectivity index (χ1) is 29.2. The number of nitrogens with zero attached hydrogens (tertiary/aromatic N) is 3. The molecule has 6 atom stereocenters. The molecule has 1 heterocycles. The number of carbonyl (C=O) groups is 1. The van der Waals surface area contributed by atoms with Crippen LogP contribution < -0.4 is 9.47 Å². The molecule has 1 saturated carbocycles. The Kier molecular flexibility index (Phi) is 16.0. The third kappa shape index (κ3) is 10.3. The van der Waals surface area contributed by atoms with E-state index in [1.165, 1.54) is 23.1 Å². The molecule has 1 fully saturated rings. The van der Waals surface area contributed by atoms with Gasteiger partial charge in [-0.25, -0.2) is 0 Å². The summed E-state index contributed by atoms with van der Waals surface area (Å²) in [6.45, 7) is 7.08.